The molecule has 2 aliphatic heterocycles. The van der Waals surface area contributed by atoms with Crippen LogP contribution in [0.3, 0.4) is 0 Å². The average Bonchev–Trinajstić information content (AvgIpc) is 2.65. The number of piperidine rings is 2. The Labute approximate surface area is 166 Å². The highest BCUT2D eigenvalue weighted by molar-refractivity contribution is 5.85. The van der Waals surface area contributed by atoms with Crippen molar-refractivity contribution < 1.29 is 9.53 Å². The normalized spacial score (nSPS) is 31.9. The summed E-state index contributed by atoms with van der Waals surface area (Å²) in [7, 11) is 0. The summed E-state index contributed by atoms with van der Waals surface area (Å²) in [5.41, 5.74) is 0. The molecule has 2 atom stereocenters. The summed E-state index contributed by atoms with van der Waals surface area (Å²) in [4.78, 5) is 14.7. The van der Waals surface area contributed by atoms with E-state index < -0.39 is 0 Å². The van der Waals surface area contributed by atoms with Gasteiger partial charge in [-0.2, -0.15) is 0 Å². The van der Waals surface area contributed by atoms with Gasteiger partial charge in [0.2, 0.25) is 5.91 Å². The molecule has 1 saturated carbocycles. The molecule has 1 aliphatic carbocycles. The van der Waals surface area contributed by atoms with Crippen LogP contribution in [0.5, 0.6) is 0 Å². The van der Waals surface area contributed by atoms with Gasteiger partial charge in [0.15, 0.2) is 0 Å². The molecule has 1 N–H and O–H groups in total. The van der Waals surface area contributed by atoms with Crippen LogP contribution in [0.2, 0.25) is 0 Å². The maximum absolute atomic E-state index is 12.6. The number of halogens is 1. The molecule has 0 radical (unpaired) electrons. The molecule has 3 fully saturated rings. The Kier molecular flexibility index (Phi) is 9.19. The molecule has 2 heterocycles. The van der Waals surface area contributed by atoms with Gasteiger partial charge in [0.25, 0.3) is 0 Å². The van der Waals surface area contributed by atoms with Crippen LogP contribution in [0.4, 0.5) is 0 Å². The molecule has 5 heteroatoms. The molecule has 0 aromatic heterocycles. The highest BCUT2D eigenvalue weighted by atomic mass is 35.5. The predicted molar refractivity (Wildman–Crippen MR) is 109 cm³/mol. The second kappa shape index (κ2) is 10.9. The molecule has 152 valence electrons. The molecule has 26 heavy (non-hydrogen) atoms. The fourth-order valence-corrected chi connectivity index (χ4v) is 4.81. The number of hydrogen-bond donors (Lipinski definition) is 1. The van der Waals surface area contributed by atoms with Gasteiger partial charge in [-0.05, 0) is 82.2 Å². The third kappa shape index (κ3) is 6.38. The van der Waals surface area contributed by atoms with Gasteiger partial charge in [-0.1, -0.05) is 13.8 Å². The first-order chi connectivity index (χ1) is 12.1. The van der Waals surface area contributed by atoms with Crippen LogP contribution in [0.25, 0.3) is 0 Å². The SMILES string of the molecule is CC1CCC(OC2CCN(C(=O)CC(C)C3CCCNC3)CC2)CC1.Cl. The molecule has 0 aromatic rings. The van der Waals surface area contributed by atoms with Crippen molar-refractivity contribution in [3.05, 3.63) is 0 Å². The molecular formula is C21H39ClN2O2. The first-order valence-electron chi connectivity index (χ1n) is 10.8. The van der Waals surface area contributed by atoms with Gasteiger partial charge >= 0.3 is 0 Å². The van der Waals surface area contributed by atoms with Gasteiger partial charge in [0, 0.05) is 19.5 Å². The van der Waals surface area contributed by atoms with E-state index in [4.69, 9.17) is 4.74 Å². The van der Waals surface area contributed by atoms with Crippen molar-refractivity contribution in [1.29, 1.82) is 0 Å². The summed E-state index contributed by atoms with van der Waals surface area (Å²) in [6.07, 6.45) is 11.2. The molecule has 0 spiro atoms. The maximum atomic E-state index is 12.6. The standard InChI is InChI=1S/C21H38N2O2.ClH/c1-16-5-7-19(8-6-16)25-20-9-12-23(13-10-20)21(24)14-17(2)18-4-3-11-22-15-18;/h16-20,22H,3-15H2,1-2H3;1H. The van der Waals surface area contributed by atoms with Crippen molar-refractivity contribution >= 4 is 18.3 Å². The number of carbonyl (C=O) groups is 1. The lowest BCUT2D eigenvalue weighted by Gasteiger charge is -2.36. The zero-order chi connectivity index (χ0) is 17.6. The molecule has 2 unspecified atom stereocenters. The lowest BCUT2D eigenvalue weighted by molar-refractivity contribution is -0.136. The van der Waals surface area contributed by atoms with E-state index in [1.54, 1.807) is 0 Å². The minimum atomic E-state index is 0. The second-order valence-corrected chi connectivity index (χ2v) is 8.89. The van der Waals surface area contributed by atoms with E-state index in [1.807, 2.05) is 0 Å². The fourth-order valence-electron chi connectivity index (χ4n) is 4.81. The molecule has 4 nitrogen and oxygen atoms in total. The zero-order valence-electron chi connectivity index (χ0n) is 16.8. The van der Waals surface area contributed by atoms with Crippen LogP contribution >= 0.6 is 12.4 Å². The Hall–Kier alpha value is -0.320. The van der Waals surface area contributed by atoms with Gasteiger partial charge in [0.1, 0.15) is 0 Å². The van der Waals surface area contributed by atoms with Crippen molar-refractivity contribution in [2.24, 2.45) is 17.8 Å². The Balaban J connectivity index is 0.00000243. The molecule has 0 aromatic carbocycles. The van der Waals surface area contributed by atoms with E-state index in [1.165, 1.54) is 38.5 Å². The molecule has 1 amide bonds. The summed E-state index contributed by atoms with van der Waals surface area (Å²) in [5.74, 6) is 2.41. The summed E-state index contributed by atoms with van der Waals surface area (Å²) in [5, 5.41) is 3.47. The van der Waals surface area contributed by atoms with Crippen LogP contribution in [-0.2, 0) is 9.53 Å². The van der Waals surface area contributed by atoms with E-state index >= 15 is 0 Å². The third-order valence-corrected chi connectivity index (χ3v) is 6.78. The summed E-state index contributed by atoms with van der Waals surface area (Å²) in [6, 6.07) is 0. The van der Waals surface area contributed by atoms with E-state index in [9.17, 15) is 4.79 Å². The van der Waals surface area contributed by atoms with Crippen molar-refractivity contribution in [2.75, 3.05) is 26.2 Å². The van der Waals surface area contributed by atoms with Crippen LogP contribution in [0.1, 0.15) is 71.6 Å². The maximum Gasteiger partial charge on any atom is 0.222 e. The molecule has 3 rings (SSSR count). The van der Waals surface area contributed by atoms with E-state index in [2.05, 4.69) is 24.1 Å². The van der Waals surface area contributed by atoms with Crippen molar-refractivity contribution in [3.8, 4) is 0 Å². The number of likely N-dealkylation sites (tertiary alicyclic amines) is 1. The van der Waals surface area contributed by atoms with Crippen LogP contribution in [0, 0.1) is 17.8 Å². The lowest BCUT2D eigenvalue weighted by Crippen LogP contribution is -2.43. The Bertz CT molecular complexity index is 412. The number of nitrogens with zero attached hydrogens (tertiary/aromatic N) is 1. The van der Waals surface area contributed by atoms with Crippen molar-refractivity contribution in [3.63, 3.8) is 0 Å². The van der Waals surface area contributed by atoms with Crippen LogP contribution in [-0.4, -0.2) is 49.2 Å². The fraction of sp³-hybridized carbons (Fsp3) is 0.952. The number of nitrogens with one attached hydrogen (secondary N) is 1. The van der Waals surface area contributed by atoms with E-state index in [-0.39, 0.29) is 12.4 Å². The van der Waals surface area contributed by atoms with Gasteiger partial charge in [-0.3, -0.25) is 4.79 Å². The lowest BCUT2D eigenvalue weighted by atomic mass is 9.85. The monoisotopic (exact) mass is 386 g/mol. The average molecular weight is 387 g/mol. The van der Waals surface area contributed by atoms with Crippen LogP contribution < -0.4 is 5.32 Å². The van der Waals surface area contributed by atoms with E-state index in [0.29, 0.717) is 30.0 Å². The minimum Gasteiger partial charge on any atom is -0.375 e. The van der Waals surface area contributed by atoms with Crippen molar-refractivity contribution in [2.45, 2.75) is 83.8 Å². The summed E-state index contributed by atoms with van der Waals surface area (Å²) >= 11 is 0. The quantitative estimate of drug-likeness (QED) is 0.775. The van der Waals surface area contributed by atoms with Gasteiger partial charge in [0.05, 0.1) is 12.2 Å². The topological polar surface area (TPSA) is 41.6 Å². The smallest absolute Gasteiger partial charge is 0.222 e. The Morgan fingerprint density at radius 2 is 1.73 bits per heavy atom. The van der Waals surface area contributed by atoms with Gasteiger partial charge in [-0.15, -0.1) is 12.4 Å². The number of rotatable bonds is 5. The largest absolute Gasteiger partial charge is 0.375 e. The molecule has 2 saturated heterocycles. The Morgan fingerprint density at radius 1 is 1.08 bits per heavy atom. The Morgan fingerprint density at radius 3 is 2.35 bits per heavy atom. The highest BCUT2D eigenvalue weighted by Gasteiger charge is 2.29. The number of ether oxygens (including phenoxy) is 1. The number of hydrogen-bond acceptors (Lipinski definition) is 3. The zero-order valence-corrected chi connectivity index (χ0v) is 17.6. The van der Waals surface area contributed by atoms with Gasteiger partial charge < -0.3 is 15.0 Å². The summed E-state index contributed by atoms with van der Waals surface area (Å²) < 4.78 is 6.34. The van der Waals surface area contributed by atoms with Gasteiger partial charge in [-0.25, -0.2) is 0 Å². The molecule has 0 bridgehead atoms. The summed E-state index contributed by atoms with van der Waals surface area (Å²) in [6.45, 7) is 8.62. The van der Waals surface area contributed by atoms with E-state index in [0.717, 1.165) is 51.4 Å². The number of amides is 1. The predicted octanol–water partition coefficient (Wildman–Crippen LogP) is 4.02. The first kappa shape index (κ1) is 22.0. The van der Waals surface area contributed by atoms with Crippen molar-refractivity contribution in [1.82, 2.24) is 10.2 Å². The first-order valence-corrected chi connectivity index (χ1v) is 10.8. The van der Waals surface area contributed by atoms with Crippen LogP contribution in [0.15, 0.2) is 0 Å². The third-order valence-electron chi connectivity index (χ3n) is 6.78. The molecular weight excluding hydrogens is 348 g/mol. The second-order valence-electron chi connectivity index (χ2n) is 8.89. The highest BCUT2D eigenvalue weighted by Crippen LogP contribution is 2.29. The minimum absolute atomic E-state index is 0. The molecule has 3 aliphatic rings. The number of carbonyl (C=O) groups excluding carboxylic acids is 1.